The van der Waals surface area contributed by atoms with Gasteiger partial charge in [0.05, 0.1) is 6.10 Å². The van der Waals surface area contributed by atoms with E-state index in [-0.39, 0.29) is 0 Å². The fraction of sp³-hybridized carbons (Fsp3) is 1.00. The van der Waals surface area contributed by atoms with Gasteiger partial charge in [0.15, 0.2) is 0 Å². The number of ether oxygens (including phenoxy) is 1. The van der Waals surface area contributed by atoms with E-state index in [1.807, 2.05) is 6.92 Å². The first kappa shape index (κ1) is 13.1. The molecule has 0 aromatic heterocycles. The predicted octanol–water partition coefficient (Wildman–Crippen LogP) is 1.30. The second-order valence-corrected chi connectivity index (χ2v) is 5.92. The van der Waals surface area contributed by atoms with Crippen molar-refractivity contribution in [2.24, 2.45) is 0 Å². The molecule has 1 rings (SSSR count). The van der Waals surface area contributed by atoms with Gasteiger partial charge in [-0.15, -0.1) is 0 Å². The second kappa shape index (κ2) is 7.36. The van der Waals surface area contributed by atoms with Crippen LogP contribution in [0.25, 0.3) is 0 Å². The monoisotopic (exact) mass is 233 g/mol. The summed E-state index contributed by atoms with van der Waals surface area (Å²) in [6.07, 6.45) is 5.27. The second-order valence-electron chi connectivity index (χ2n) is 4.05. The van der Waals surface area contributed by atoms with Crippen LogP contribution in [0.4, 0.5) is 0 Å². The highest BCUT2D eigenvalue weighted by molar-refractivity contribution is 7.84. The first-order valence-electron chi connectivity index (χ1n) is 5.89. The Labute approximate surface area is 95.4 Å². The molecule has 0 bridgehead atoms. The SMILES string of the molecule is CCS(=O)CCNC1CCCCC1OC. The van der Waals surface area contributed by atoms with Gasteiger partial charge in [0.25, 0.3) is 0 Å². The zero-order valence-corrected chi connectivity index (χ0v) is 10.6. The molecule has 0 aromatic rings. The van der Waals surface area contributed by atoms with Gasteiger partial charge in [0.2, 0.25) is 0 Å². The largest absolute Gasteiger partial charge is 0.380 e. The maximum absolute atomic E-state index is 11.2. The highest BCUT2D eigenvalue weighted by Gasteiger charge is 2.23. The van der Waals surface area contributed by atoms with Crippen LogP contribution in [0.5, 0.6) is 0 Å². The molecule has 0 aliphatic heterocycles. The van der Waals surface area contributed by atoms with E-state index < -0.39 is 10.8 Å². The quantitative estimate of drug-likeness (QED) is 0.751. The van der Waals surface area contributed by atoms with Crippen molar-refractivity contribution in [2.45, 2.75) is 44.8 Å². The van der Waals surface area contributed by atoms with Crippen LogP contribution in [0.3, 0.4) is 0 Å². The van der Waals surface area contributed by atoms with Gasteiger partial charge >= 0.3 is 0 Å². The Hall–Kier alpha value is 0.0700. The van der Waals surface area contributed by atoms with Crippen LogP contribution in [0.2, 0.25) is 0 Å². The Morgan fingerprint density at radius 2 is 2.13 bits per heavy atom. The van der Waals surface area contributed by atoms with Crippen LogP contribution in [0, 0.1) is 0 Å². The number of hydrogen-bond donors (Lipinski definition) is 1. The number of methoxy groups -OCH3 is 1. The number of hydrogen-bond acceptors (Lipinski definition) is 3. The van der Waals surface area contributed by atoms with Gasteiger partial charge in [0.1, 0.15) is 0 Å². The fourth-order valence-electron chi connectivity index (χ4n) is 2.11. The van der Waals surface area contributed by atoms with E-state index in [0.717, 1.165) is 24.5 Å². The van der Waals surface area contributed by atoms with Crippen LogP contribution < -0.4 is 5.32 Å². The molecular weight excluding hydrogens is 210 g/mol. The van der Waals surface area contributed by atoms with E-state index in [0.29, 0.717) is 12.1 Å². The van der Waals surface area contributed by atoms with Crippen LogP contribution >= 0.6 is 0 Å². The minimum absolute atomic E-state index is 0.355. The van der Waals surface area contributed by atoms with Crippen LogP contribution in [-0.2, 0) is 15.5 Å². The van der Waals surface area contributed by atoms with Crippen molar-refractivity contribution in [3.63, 3.8) is 0 Å². The molecule has 0 radical (unpaired) electrons. The fourth-order valence-corrected chi connectivity index (χ4v) is 2.75. The Bertz CT molecular complexity index is 199. The van der Waals surface area contributed by atoms with E-state index in [1.165, 1.54) is 19.3 Å². The first-order valence-corrected chi connectivity index (χ1v) is 7.38. The molecule has 3 unspecified atom stereocenters. The molecule has 0 spiro atoms. The Balaban J connectivity index is 2.20. The van der Waals surface area contributed by atoms with Crippen molar-refractivity contribution in [1.29, 1.82) is 0 Å². The highest BCUT2D eigenvalue weighted by Crippen LogP contribution is 2.20. The van der Waals surface area contributed by atoms with E-state index in [1.54, 1.807) is 7.11 Å². The minimum Gasteiger partial charge on any atom is -0.380 e. The van der Waals surface area contributed by atoms with E-state index in [2.05, 4.69) is 5.32 Å². The lowest BCUT2D eigenvalue weighted by Gasteiger charge is -2.31. The molecule has 1 aliphatic carbocycles. The Morgan fingerprint density at radius 3 is 2.80 bits per heavy atom. The average Bonchev–Trinajstić information content (AvgIpc) is 2.29. The molecule has 1 N–H and O–H groups in total. The summed E-state index contributed by atoms with van der Waals surface area (Å²) in [5, 5.41) is 3.47. The van der Waals surface area contributed by atoms with Gasteiger partial charge in [-0.3, -0.25) is 4.21 Å². The zero-order chi connectivity index (χ0) is 11.1. The summed E-state index contributed by atoms with van der Waals surface area (Å²) in [7, 11) is 1.14. The summed E-state index contributed by atoms with van der Waals surface area (Å²) in [4.78, 5) is 0. The van der Waals surface area contributed by atoms with Crippen LogP contribution in [0.15, 0.2) is 0 Å². The molecule has 0 heterocycles. The molecule has 3 nitrogen and oxygen atoms in total. The number of rotatable bonds is 6. The normalized spacial score (nSPS) is 28.9. The van der Waals surface area contributed by atoms with E-state index in [4.69, 9.17) is 4.74 Å². The molecule has 0 amide bonds. The standard InChI is InChI=1S/C11H23NO2S/c1-3-15(13)9-8-12-10-6-4-5-7-11(10)14-2/h10-12H,3-9H2,1-2H3. The van der Waals surface area contributed by atoms with Gasteiger partial charge in [-0.2, -0.15) is 0 Å². The van der Waals surface area contributed by atoms with Crippen molar-refractivity contribution in [3.8, 4) is 0 Å². The molecule has 15 heavy (non-hydrogen) atoms. The molecule has 0 saturated heterocycles. The van der Waals surface area contributed by atoms with Gasteiger partial charge in [0, 0.05) is 42.0 Å². The van der Waals surface area contributed by atoms with Crippen molar-refractivity contribution >= 4 is 10.8 Å². The van der Waals surface area contributed by atoms with E-state index >= 15 is 0 Å². The van der Waals surface area contributed by atoms with Gasteiger partial charge in [-0.05, 0) is 12.8 Å². The summed E-state index contributed by atoms with van der Waals surface area (Å²) >= 11 is 0. The molecule has 90 valence electrons. The summed E-state index contributed by atoms with van der Waals surface area (Å²) in [6.45, 7) is 2.82. The van der Waals surface area contributed by atoms with Crippen molar-refractivity contribution in [3.05, 3.63) is 0 Å². The summed E-state index contributed by atoms with van der Waals surface area (Å²) < 4.78 is 16.7. The third-order valence-electron chi connectivity index (χ3n) is 3.06. The zero-order valence-electron chi connectivity index (χ0n) is 9.83. The summed E-state index contributed by atoms with van der Waals surface area (Å²) in [5.41, 5.74) is 0. The lowest BCUT2D eigenvalue weighted by molar-refractivity contribution is 0.0426. The lowest BCUT2D eigenvalue weighted by atomic mass is 9.92. The van der Waals surface area contributed by atoms with Gasteiger partial charge in [-0.1, -0.05) is 19.8 Å². The number of nitrogens with one attached hydrogen (secondary N) is 1. The maximum Gasteiger partial charge on any atom is 0.0724 e. The maximum atomic E-state index is 11.2. The third-order valence-corrected chi connectivity index (χ3v) is 4.37. The smallest absolute Gasteiger partial charge is 0.0724 e. The molecule has 1 saturated carbocycles. The molecule has 3 atom stereocenters. The average molecular weight is 233 g/mol. The molecule has 1 fully saturated rings. The summed E-state index contributed by atoms with van der Waals surface area (Å²) in [6, 6.07) is 0.470. The summed E-state index contributed by atoms with van der Waals surface area (Å²) in [5.74, 6) is 1.53. The van der Waals surface area contributed by atoms with Crippen LogP contribution in [-0.4, -0.2) is 41.5 Å². The van der Waals surface area contributed by atoms with Gasteiger partial charge in [-0.25, -0.2) is 0 Å². The molecule has 0 aromatic carbocycles. The van der Waals surface area contributed by atoms with Crippen molar-refractivity contribution in [2.75, 3.05) is 25.2 Å². The Kier molecular flexibility index (Phi) is 6.45. The van der Waals surface area contributed by atoms with Gasteiger partial charge < -0.3 is 10.1 Å². The van der Waals surface area contributed by atoms with Crippen molar-refractivity contribution < 1.29 is 8.95 Å². The molecular formula is C11H23NO2S. The first-order chi connectivity index (χ1) is 7.27. The minimum atomic E-state index is -0.648. The predicted molar refractivity (Wildman–Crippen MR) is 64.6 cm³/mol. The Morgan fingerprint density at radius 1 is 1.40 bits per heavy atom. The van der Waals surface area contributed by atoms with E-state index in [9.17, 15) is 4.21 Å². The topological polar surface area (TPSA) is 38.3 Å². The lowest BCUT2D eigenvalue weighted by Crippen LogP contribution is -2.44. The molecule has 1 aliphatic rings. The van der Waals surface area contributed by atoms with Crippen molar-refractivity contribution in [1.82, 2.24) is 5.32 Å². The highest BCUT2D eigenvalue weighted by atomic mass is 32.2. The third kappa shape index (κ3) is 4.62. The van der Waals surface area contributed by atoms with Crippen LogP contribution in [0.1, 0.15) is 32.6 Å². The molecule has 4 heteroatoms.